The van der Waals surface area contributed by atoms with Gasteiger partial charge in [-0.15, -0.1) is 11.3 Å². The van der Waals surface area contributed by atoms with Crippen LogP contribution in [0, 0.1) is 23.7 Å². The summed E-state index contributed by atoms with van der Waals surface area (Å²) in [7, 11) is 0. The average Bonchev–Trinajstić information content (AvgIpc) is 3.61. The van der Waals surface area contributed by atoms with Crippen molar-refractivity contribution in [2.75, 3.05) is 18.4 Å². The minimum absolute atomic E-state index is 0.0297. The van der Waals surface area contributed by atoms with Crippen LogP contribution in [0.5, 0.6) is 0 Å². The lowest BCUT2D eigenvalue weighted by atomic mass is 9.58. The van der Waals surface area contributed by atoms with Gasteiger partial charge in [-0.05, 0) is 96.4 Å². The van der Waals surface area contributed by atoms with Crippen LogP contribution in [0.2, 0.25) is 0 Å². The molecule has 0 bridgehead atoms. The molecule has 1 fully saturated rings. The van der Waals surface area contributed by atoms with E-state index in [1.54, 1.807) is 22.5 Å². The van der Waals surface area contributed by atoms with Crippen molar-refractivity contribution in [2.24, 2.45) is 23.7 Å². The number of amides is 1. The minimum atomic E-state index is -0.0297. The number of nitrogens with zero attached hydrogens (tertiary/aromatic N) is 1. The topological polar surface area (TPSA) is 54.0 Å². The number of aryl methyl sites for hydroxylation is 1. The molecule has 220 valence electrons. The van der Waals surface area contributed by atoms with E-state index in [1.165, 1.54) is 24.8 Å². The van der Waals surface area contributed by atoms with Gasteiger partial charge in [0.2, 0.25) is 0 Å². The van der Waals surface area contributed by atoms with Crippen LogP contribution in [-0.2, 0) is 6.42 Å². The smallest absolute Gasteiger partial charge is 0.251 e. The molecule has 4 nitrogen and oxygen atoms in total. The molecule has 3 aliphatic carbocycles. The Labute approximate surface area is 259 Å². The largest absolute Gasteiger partial charge is 0.361 e. The normalized spacial score (nSPS) is 25.4. The lowest BCUT2D eigenvalue weighted by molar-refractivity contribution is 0.0929. The fraction of sp³-hybridized carbons (Fsp3) is 0.368. The number of rotatable bonds is 10. The predicted octanol–water partition coefficient (Wildman–Crippen LogP) is 8.70. The number of carbonyl (C=O) groups is 1. The van der Waals surface area contributed by atoms with Crippen LogP contribution >= 0.6 is 11.3 Å². The first-order valence-corrected chi connectivity index (χ1v) is 16.9. The molecule has 4 aromatic rings. The molecular weight excluding hydrogens is 547 g/mol. The Kier molecular flexibility index (Phi) is 8.16. The molecule has 7 rings (SSSR count). The predicted molar refractivity (Wildman–Crippen MR) is 178 cm³/mol. The van der Waals surface area contributed by atoms with Crippen molar-refractivity contribution < 1.29 is 4.79 Å². The van der Waals surface area contributed by atoms with E-state index in [2.05, 4.69) is 83.6 Å². The highest BCUT2D eigenvalue weighted by molar-refractivity contribution is 7.14. The van der Waals surface area contributed by atoms with Crippen LogP contribution in [0.4, 0.5) is 5.13 Å². The summed E-state index contributed by atoms with van der Waals surface area (Å²) in [5.74, 6) is 4.13. The maximum Gasteiger partial charge on any atom is 0.251 e. The minimum Gasteiger partial charge on any atom is -0.361 e. The molecule has 1 heterocycles. The first-order valence-electron chi connectivity index (χ1n) is 16.0. The highest BCUT2D eigenvalue weighted by Crippen LogP contribution is 2.64. The summed E-state index contributed by atoms with van der Waals surface area (Å²) in [6.07, 6.45) is 10.5. The highest BCUT2D eigenvalue weighted by Gasteiger charge is 2.54. The summed E-state index contributed by atoms with van der Waals surface area (Å²) in [5, 5.41) is 9.86. The van der Waals surface area contributed by atoms with Gasteiger partial charge in [-0.2, -0.15) is 0 Å². The van der Waals surface area contributed by atoms with E-state index < -0.39 is 0 Å². The zero-order valence-corrected chi connectivity index (χ0v) is 25.7. The number of hydrogen-bond acceptors (Lipinski definition) is 4. The molecule has 3 aliphatic rings. The van der Waals surface area contributed by atoms with Crippen LogP contribution in [-0.4, -0.2) is 24.0 Å². The lowest BCUT2D eigenvalue weighted by Crippen LogP contribution is -2.41. The molecule has 0 saturated heterocycles. The number of carbonyl (C=O) groups excluding carboxylic acids is 1. The third-order valence-electron chi connectivity index (χ3n) is 10.2. The number of aromatic nitrogens is 1. The van der Waals surface area contributed by atoms with Crippen molar-refractivity contribution in [3.05, 3.63) is 119 Å². The van der Waals surface area contributed by atoms with Crippen LogP contribution in [0.3, 0.4) is 0 Å². The fourth-order valence-electron chi connectivity index (χ4n) is 8.02. The number of thiazole rings is 1. The highest BCUT2D eigenvalue weighted by atomic mass is 32.1. The third-order valence-corrected chi connectivity index (χ3v) is 11.0. The lowest BCUT2D eigenvalue weighted by Gasteiger charge is -2.47. The first-order chi connectivity index (χ1) is 21.2. The number of fused-ring (bicyclic) bond motifs is 3. The van der Waals surface area contributed by atoms with Gasteiger partial charge in [-0.3, -0.25) is 4.79 Å². The van der Waals surface area contributed by atoms with Gasteiger partial charge >= 0.3 is 0 Å². The number of hydrogen-bond donors (Lipinski definition) is 2. The van der Waals surface area contributed by atoms with Crippen molar-refractivity contribution in [2.45, 2.75) is 50.9 Å². The molecule has 5 heteroatoms. The van der Waals surface area contributed by atoms with Crippen LogP contribution in [0.15, 0.2) is 96.4 Å². The summed E-state index contributed by atoms with van der Waals surface area (Å²) >= 11 is 1.66. The van der Waals surface area contributed by atoms with Gasteiger partial charge in [-0.25, -0.2) is 4.98 Å². The Morgan fingerprint density at radius 1 is 1.00 bits per heavy atom. The maximum atomic E-state index is 12.9. The molecule has 1 aromatic heterocycles. The van der Waals surface area contributed by atoms with E-state index in [9.17, 15) is 4.79 Å². The number of benzene rings is 3. The maximum absolute atomic E-state index is 12.9. The van der Waals surface area contributed by atoms with Gasteiger partial charge in [-0.1, -0.05) is 85.8 Å². The van der Waals surface area contributed by atoms with E-state index in [4.69, 9.17) is 4.98 Å². The summed E-state index contributed by atoms with van der Waals surface area (Å²) in [6, 6.07) is 27.5. The Morgan fingerprint density at radius 3 is 2.70 bits per heavy atom. The molecule has 0 spiro atoms. The summed E-state index contributed by atoms with van der Waals surface area (Å²) in [5.41, 5.74) is 7.13. The quantitative estimate of drug-likeness (QED) is 0.144. The molecule has 1 saturated carbocycles. The molecule has 1 amide bonds. The molecule has 0 radical (unpaired) electrons. The van der Waals surface area contributed by atoms with E-state index in [0.29, 0.717) is 35.8 Å². The molecule has 43 heavy (non-hydrogen) atoms. The van der Waals surface area contributed by atoms with Crippen molar-refractivity contribution >= 4 is 22.4 Å². The Morgan fingerprint density at radius 2 is 1.84 bits per heavy atom. The van der Waals surface area contributed by atoms with Crippen molar-refractivity contribution in [1.82, 2.24) is 10.3 Å². The van der Waals surface area contributed by atoms with E-state index in [0.717, 1.165) is 47.6 Å². The van der Waals surface area contributed by atoms with Gasteiger partial charge in [0.1, 0.15) is 0 Å². The number of anilines is 1. The fourth-order valence-corrected chi connectivity index (χ4v) is 8.75. The second-order valence-corrected chi connectivity index (χ2v) is 13.6. The standard InChI is InChI=1S/C38H41N3OS/c1-25-11-5-6-17-30(25)36-32-19-8-7-18-31(32)33-22-29(35(33)36)23-40-38-41-34(24-43-38)27-15-9-16-28(21-27)37(42)39-20-10-14-26-12-3-2-4-13-26/h2-5,7-9,11-13,15-16,18-19,21,24-25,29-30,33,35-36H,6,10,14,17,20,22-23H2,1H3,(H,39,42)(H,40,41). The Balaban J connectivity index is 0.963. The zero-order chi connectivity index (χ0) is 29.2. The van der Waals surface area contributed by atoms with Gasteiger partial charge in [0.05, 0.1) is 5.69 Å². The van der Waals surface area contributed by atoms with Crippen molar-refractivity contribution in [1.29, 1.82) is 0 Å². The second kappa shape index (κ2) is 12.5. The first kappa shape index (κ1) is 28.1. The van der Waals surface area contributed by atoms with Crippen LogP contribution in [0.25, 0.3) is 11.3 Å². The second-order valence-electron chi connectivity index (χ2n) is 12.7. The summed E-state index contributed by atoms with van der Waals surface area (Å²) in [4.78, 5) is 17.8. The summed E-state index contributed by atoms with van der Waals surface area (Å²) < 4.78 is 0. The molecule has 0 aliphatic heterocycles. The van der Waals surface area contributed by atoms with Gasteiger partial charge in [0.25, 0.3) is 5.91 Å². The third kappa shape index (κ3) is 5.80. The number of nitrogens with one attached hydrogen (secondary N) is 2. The van der Waals surface area contributed by atoms with Crippen LogP contribution in [0.1, 0.15) is 71.5 Å². The zero-order valence-electron chi connectivity index (χ0n) is 24.9. The SMILES string of the molecule is CC1C=CCCC1C1c2ccccc2C2CC(CNc3nc(-c4cccc(C(=O)NCCCc5ccccc5)c4)cs3)C21. The van der Waals surface area contributed by atoms with Crippen LogP contribution < -0.4 is 10.6 Å². The Hall–Kier alpha value is -3.70. The molecule has 3 aromatic carbocycles. The monoisotopic (exact) mass is 587 g/mol. The number of allylic oxidation sites excluding steroid dienone is 2. The van der Waals surface area contributed by atoms with Gasteiger partial charge in [0.15, 0.2) is 5.13 Å². The molecule has 6 unspecified atom stereocenters. The molecule has 2 N–H and O–H groups in total. The average molecular weight is 588 g/mol. The van der Waals surface area contributed by atoms with E-state index in [1.807, 2.05) is 30.3 Å². The van der Waals surface area contributed by atoms with Gasteiger partial charge in [0, 0.05) is 29.6 Å². The van der Waals surface area contributed by atoms with Gasteiger partial charge < -0.3 is 10.6 Å². The molecule has 6 atom stereocenters. The molecular formula is C38H41N3OS. The van der Waals surface area contributed by atoms with Crippen molar-refractivity contribution in [3.63, 3.8) is 0 Å². The van der Waals surface area contributed by atoms with Crippen molar-refractivity contribution in [3.8, 4) is 11.3 Å². The summed E-state index contributed by atoms with van der Waals surface area (Å²) in [6.45, 7) is 4.05. The van der Waals surface area contributed by atoms with E-state index >= 15 is 0 Å². The Bertz CT molecular complexity index is 1590. The van der Waals surface area contributed by atoms with E-state index in [-0.39, 0.29) is 5.91 Å².